The average molecular weight is 555 g/mol. The minimum Gasteiger partial charge on any atom is -0.381 e. The maximum absolute atomic E-state index is 12.0. The SMILES string of the molecule is CC(C)(C[C@@H]1COCC12CCN(c1ncc(Sc3cccc(Cl)c3Cl)c3nccn13)CC2)S(N)=O. The molecule has 2 saturated heterocycles. The highest BCUT2D eigenvalue weighted by Crippen LogP contribution is 2.48. The number of hydrogen-bond donors (Lipinski definition) is 1. The first kappa shape index (κ1) is 25.3. The van der Waals surface area contributed by atoms with E-state index in [0.29, 0.717) is 22.6 Å². The first-order chi connectivity index (χ1) is 16.7. The van der Waals surface area contributed by atoms with Crippen LogP contribution < -0.4 is 10.0 Å². The van der Waals surface area contributed by atoms with E-state index >= 15 is 0 Å². The lowest BCUT2D eigenvalue weighted by Gasteiger charge is -2.43. The zero-order chi connectivity index (χ0) is 24.8. The van der Waals surface area contributed by atoms with Gasteiger partial charge in [-0.05, 0) is 51.2 Å². The number of aromatic nitrogens is 3. The highest BCUT2D eigenvalue weighted by atomic mass is 35.5. The van der Waals surface area contributed by atoms with Gasteiger partial charge in [0.05, 0.1) is 43.9 Å². The Morgan fingerprint density at radius 2 is 2.03 bits per heavy atom. The molecule has 0 amide bonds. The van der Waals surface area contributed by atoms with Crippen LogP contribution in [0.25, 0.3) is 5.65 Å². The molecule has 1 spiro atoms. The Morgan fingerprint density at radius 3 is 2.77 bits per heavy atom. The van der Waals surface area contributed by atoms with Gasteiger partial charge < -0.3 is 9.64 Å². The summed E-state index contributed by atoms with van der Waals surface area (Å²) < 4.78 is 19.6. The van der Waals surface area contributed by atoms with E-state index in [4.69, 9.17) is 38.1 Å². The quantitative estimate of drug-likeness (QED) is 0.450. The average Bonchev–Trinajstić information content (AvgIpc) is 3.46. The summed E-state index contributed by atoms with van der Waals surface area (Å²) in [6.45, 7) is 7.18. The summed E-state index contributed by atoms with van der Waals surface area (Å²) >= 11 is 14.1. The smallest absolute Gasteiger partial charge is 0.211 e. The topological polar surface area (TPSA) is 85.8 Å². The van der Waals surface area contributed by atoms with Crippen LogP contribution >= 0.6 is 35.0 Å². The van der Waals surface area contributed by atoms with Crippen LogP contribution in [0.3, 0.4) is 0 Å². The number of fused-ring (bicyclic) bond motifs is 1. The summed E-state index contributed by atoms with van der Waals surface area (Å²) in [4.78, 5) is 13.5. The summed E-state index contributed by atoms with van der Waals surface area (Å²) in [5.74, 6) is 1.24. The molecule has 35 heavy (non-hydrogen) atoms. The minimum atomic E-state index is -1.36. The molecule has 2 N–H and O–H groups in total. The van der Waals surface area contributed by atoms with Gasteiger partial charge in [0.15, 0.2) is 5.65 Å². The molecule has 0 bridgehead atoms. The molecule has 1 unspecified atom stereocenters. The Balaban J connectivity index is 1.35. The van der Waals surface area contributed by atoms with Gasteiger partial charge in [0.1, 0.15) is 0 Å². The number of benzene rings is 1. The molecule has 0 saturated carbocycles. The van der Waals surface area contributed by atoms with E-state index in [1.807, 2.05) is 42.8 Å². The van der Waals surface area contributed by atoms with Crippen LogP contribution in [0.4, 0.5) is 5.95 Å². The second kappa shape index (κ2) is 9.84. The molecule has 2 fully saturated rings. The van der Waals surface area contributed by atoms with Gasteiger partial charge in [-0.15, -0.1) is 0 Å². The number of rotatable bonds is 6. The fraction of sp³-hybridized carbons (Fsp3) is 0.500. The van der Waals surface area contributed by atoms with Crippen LogP contribution in [0.15, 0.2) is 46.6 Å². The van der Waals surface area contributed by atoms with Crippen LogP contribution in [-0.4, -0.2) is 49.6 Å². The third-order valence-electron chi connectivity index (χ3n) is 7.41. The number of imidazole rings is 1. The van der Waals surface area contributed by atoms with E-state index < -0.39 is 15.7 Å². The molecular formula is C24H29Cl2N5O2S2. The van der Waals surface area contributed by atoms with Crippen molar-refractivity contribution in [2.45, 2.75) is 47.6 Å². The van der Waals surface area contributed by atoms with Gasteiger partial charge >= 0.3 is 0 Å². The molecule has 7 nitrogen and oxygen atoms in total. The Kier molecular flexibility index (Phi) is 7.11. The van der Waals surface area contributed by atoms with Crippen LogP contribution in [0.1, 0.15) is 33.1 Å². The van der Waals surface area contributed by atoms with Crippen molar-refractivity contribution in [1.82, 2.24) is 14.4 Å². The summed E-state index contributed by atoms with van der Waals surface area (Å²) in [6.07, 6.45) is 8.41. The molecule has 2 aliphatic heterocycles. The number of halogens is 2. The van der Waals surface area contributed by atoms with Gasteiger partial charge in [0.2, 0.25) is 5.95 Å². The molecule has 2 aromatic heterocycles. The number of hydrogen-bond acceptors (Lipinski definition) is 6. The van der Waals surface area contributed by atoms with Crippen molar-refractivity contribution in [2.24, 2.45) is 16.5 Å². The standard InChI is InChI=1S/C24H29Cl2N5O2S2/c1-23(2,35(27)32)12-16-14-33-15-24(16)6-9-30(10-7-24)22-29-13-19(21-28-8-11-31(21)22)34-18-5-3-4-17(25)20(18)26/h3-5,8,11,13,16H,6-7,9-10,12,14-15,27H2,1-2H3/t16-,35?/m1/s1. The largest absolute Gasteiger partial charge is 0.381 e. The van der Waals surface area contributed by atoms with Crippen molar-refractivity contribution >= 4 is 57.5 Å². The molecule has 0 aliphatic carbocycles. The van der Waals surface area contributed by atoms with Crippen LogP contribution in [0.2, 0.25) is 10.0 Å². The van der Waals surface area contributed by atoms with Crippen LogP contribution in [0, 0.1) is 11.3 Å². The predicted molar refractivity (Wildman–Crippen MR) is 143 cm³/mol. The first-order valence-electron chi connectivity index (χ1n) is 11.6. The number of ether oxygens (including phenoxy) is 1. The third kappa shape index (κ3) is 4.83. The van der Waals surface area contributed by atoms with Gasteiger partial charge in [-0.3, -0.25) is 9.54 Å². The molecule has 3 aromatic rings. The normalized spacial score (nSPS) is 21.2. The van der Waals surface area contributed by atoms with Crippen molar-refractivity contribution in [2.75, 3.05) is 31.2 Å². The van der Waals surface area contributed by atoms with Crippen LogP contribution in [0.5, 0.6) is 0 Å². The molecule has 4 heterocycles. The summed E-state index contributed by atoms with van der Waals surface area (Å²) in [6, 6.07) is 5.61. The van der Waals surface area contributed by atoms with Crippen molar-refractivity contribution < 1.29 is 8.95 Å². The number of nitrogens with two attached hydrogens (primary N) is 1. The van der Waals surface area contributed by atoms with E-state index in [2.05, 4.69) is 9.88 Å². The zero-order valence-corrected chi connectivity index (χ0v) is 22.9. The predicted octanol–water partition coefficient (Wildman–Crippen LogP) is 5.21. The Morgan fingerprint density at radius 1 is 1.26 bits per heavy atom. The van der Waals surface area contributed by atoms with Crippen molar-refractivity contribution in [3.63, 3.8) is 0 Å². The number of nitrogens with zero attached hydrogens (tertiary/aromatic N) is 4. The van der Waals surface area contributed by atoms with Gasteiger partial charge in [-0.2, -0.15) is 0 Å². The fourth-order valence-corrected chi connectivity index (χ4v) is 6.99. The van der Waals surface area contributed by atoms with Crippen LogP contribution in [-0.2, 0) is 15.7 Å². The first-order valence-corrected chi connectivity index (χ1v) is 14.4. The molecule has 5 rings (SSSR count). The second-order valence-electron chi connectivity index (χ2n) is 10.0. The monoisotopic (exact) mass is 553 g/mol. The second-order valence-corrected chi connectivity index (χ2v) is 13.6. The Hall–Kier alpha value is -1.36. The van der Waals surface area contributed by atoms with Gasteiger partial charge in [0, 0.05) is 42.0 Å². The Labute approximate surface area is 222 Å². The lowest BCUT2D eigenvalue weighted by Crippen LogP contribution is -2.47. The van der Waals surface area contributed by atoms with Gasteiger partial charge in [-0.25, -0.2) is 14.2 Å². The highest BCUT2D eigenvalue weighted by molar-refractivity contribution is 7.99. The van der Waals surface area contributed by atoms with Crippen molar-refractivity contribution in [3.05, 3.63) is 46.8 Å². The van der Waals surface area contributed by atoms with Crippen molar-refractivity contribution in [1.29, 1.82) is 0 Å². The molecular weight excluding hydrogens is 525 g/mol. The fourth-order valence-electron chi connectivity index (χ4n) is 5.23. The maximum Gasteiger partial charge on any atom is 0.211 e. The maximum atomic E-state index is 12.0. The lowest BCUT2D eigenvalue weighted by molar-refractivity contribution is 0.121. The molecule has 1 aromatic carbocycles. The van der Waals surface area contributed by atoms with E-state index in [0.717, 1.165) is 60.3 Å². The lowest BCUT2D eigenvalue weighted by atomic mass is 9.68. The summed E-state index contributed by atoms with van der Waals surface area (Å²) in [5, 5.41) is 6.83. The zero-order valence-electron chi connectivity index (χ0n) is 19.7. The van der Waals surface area contributed by atoms with Crippen molar-refractivity contribution in [3.8, 4) is 0 Å². The van der Waals surface area contributed by atoms with Gasteiger partial charge in [0.25, 0.3) is 0 Å². The molecule has 188 valence electrons. The van der Waals surface area contributed by atoms with E-state index in [1.165, 1.54) is 11.8 Å². The van der Waals surface area contributed by atoms with E-state index in [-0.39, 0.29) is 5.41 Å². The Bertz CT molecular complexity index is 1260. The molecule has 11 heteroatoms. The number of anilines is 1. The number of piperidine rings is 1. The van der Waals surface area contributed by atoms with E-state index in [1.54, 1.807) is 12.3 Å². The highest BCUT2D eigenvalue weighted by Gasteiger charge is 2.48. The summed E-state index contributed by atoms with van der Waals surface area (Å²) in [7, 11) is -1.36. The molecule has 2 atom stereocenters. The molecule has 0 radical (unpaired) electrons. The van der Waals surface area contributed by atoms with Gasteiger partial charge in [-0.1, -0.05) is 41.0 Å². The van der Waals surface area contributed by atoms with E-state index in [9.17, 15) is 4.21 Å². The summed E-state index contributed by atoms with van der Waals surface area (Å²) in [5.41, 5.74) is 0.936. The molecule has 2 aliphatic rings. The minimum absolute atomic E-state index is 0.0975. The third-order valence-corrected chi connectivity index (χ3v) is 10.7.